The van der Waals surface area contributed by atoms with E-state index in [4.69, 9.17) is 0 Å². The van der Waals surface area contributed by atoms with Crippen molar-refractivity contribution in [2.75, 3.05) is 36.4 Å². The van der Waals surface area contributed by atoms with Crippen molar-refractivity contribution in [2.45, 2.75) is 32.9 Å². The zero-order valence-corrected chi connectivity index (χ0v) is 14.5. The maximum absolute atomic E-state index is 4.54. The Morgan fingerprint density at radius 1 is 1.21 bits per heavy atom. The third-order valence-corrected chi connectivity index (χ3v) is 5.07. The molecule has 0 bridgehead atoms. The maximum Gasteiger partial charge on any atom is 0.124 e. The molecule has 5 nitrogen and oxygen atoms in total. The number of hydrogen-bond donors (Lipinski definition) is 2. The van der Waals surface area contributed by atoms with Gasteiger partial charge >= 0.3 is 0 Å². The van der Waals surface area contributed by atoms with Gasteiger partial charge in [0.05, 0.1) is 5.69 Å². The third kappa shape index (κ3) is 3.41. The minimum Gasteiger partial charge on any atom is -0.372 e. The molecule has 2 aromatic rings. The van der Waals surface area contributed by atoms with Gasteiger partial charge in [0.1, 0.15) is 5.82 Å². The van der Waals surface area contributed by atoms with E-state index in [0.29, 0.717) is 5.92 Å². The number of aromatic nitrogens is 2. The van der Waals surface area contributed by atoms with E-state index in [1.165, 1.54) is 37.2 Å². The van der Waals surface area contributed by atoms with Gasteiger partial charge in [-0.05, 0) is 37.5 Å². The molecule has 24 heavy (non-hydrogen) atoms. The summed E-state index contributed by atoms with van der Waals surface area (Å²) in [6, 6.07) is 11.2. The molecular formula is C19H27N5. The fourth-order valence-corrected chi connectivity index (χ4v) is 3.74. The first-order valence-corrected chi connectivity index (χ1v) is 9.11. The Kier molecular flexibility index (Phi) is 4.43. The molecule has 0 radical (unpaired) electrons. The zero-order chi connectivity index (χ0) is 16.4. The third-order valence-electron chi connectivity index (χ3n) is 5.07. The van der Waals surface area contributed by atoms with Crippen molar-refractivity contribution in [3.05, 3.63) is 41.6 Å². The van der Waals surface area contributed by atoms with Gasteiger partial charge in [-0.2, -0.15) is 5.10 Å². The molecular weight excluding hydrogens is 298 g/mol. The van der Waals surface area contributed by atoms with E-state index in [9.17, 15) is 0 Å². The van der Waals surface area contributed by atoms with Gasteiger partial charge in [-0.15, -0.1) is 0 Å². The summed E-state index contributed by atoms with van der Waals surface area (Å²) < 4.78 is 2.09. The second-order valence-corrected chi connectivity index (χ2v) is 7.09. The van der Waals surface area contributed by atoms with Crippen LogP contribution in [0, 0.1) is 12.8 Å². The smallest absolute Gasteiger partial charge is 0.124 e. The number of aryl methyl sites for hydroxylation is 1. The average Bonchev–Trinajstić information content (AvgIpc) is 3.24. The Balaban J connectivity index is 1.25. The van der Waals surface area contributed by atoms with Crippen molar-refractivity contribution in [2.24, 2.45) is 5.92 Å². The van der Waals surface area contributed by atoms with Crippen LogP contribution >= 0.6 is 0 Å². The van der Waals surface area contributed by atoms with Gasteiger partial charge in [0, 0.05) is 56.9 Å². The molecule has 2 N–H and O–H groups in total. The van der Waals surface area contributed by atoms with Crippen molar-refractivity contribution < 1.29 is 0 Å². The topological polar surface area (TPSA) is 45.1 Å². The highest BCUT2D eigenvalue weighted by Gasteiger charge is 2.18. The predicted molar refractivity (Wildman–Crippen MR) is 98.5 cm³/mol. The molecule has 2 aliphatic rings. The van der Waals surface area contributed by atoms with E-state index < -0.39 is 0 Å². The van der Waals surface area contributed by atoms with Crippen molar-refractivity contribution >= 4 is 11.5 Å². The first kappa shape index (κ1) is 15.5. The van der Waals surface area contributed by atoms with E-state index in [1.807, 2.05) is 6.92 Å². The lowest BCUT2D eigenvalue weighted by Gasteiger charge is -2.25. The van der Waals surface area contributed by atoms with Crippen LogP contribution in [0.15, 0.2) is 30.3 Å². The molecule has 2 aliphatic heterocycles. The van der Waals surface area contributed by atoms with Crippen LogP contribution in [0.5, 0.6) is 0 Å². The second-order valence-electron chi connectivity index (χ2n) is 7.09. The molecule has 1 saturated heterocycles. The highest BCUT2D eigenvalue weighted by Crippen LogP contribution is 2.21. The van der Waals surface area contributed by atoms with Gasteiger partial charge in [-0.1, -0.05) is 12.1 Å². The highest BCUT2D eigenvalue weighted by molar-refractivity contribution is 5.48. The van der Waals surface area contributed by atoms with Crippen LogP contribution in [-0.2, 0) is 13.1 Å². The molecule has 4 rings (SSSR count). The molecule has 1 aromatic heterocycles. The van der Waals surface area contributed by atoms with E-state index >= 15 is 0 Å². The number of fused-ring (bicyclic) bond motifs is 1. The van der Waals surface area contributed by atoms with Gasteiger partial charge in [0.15, 0.2) is 0 Å². The number of anilines is 2. The highest BCUT2D eigenvalue weighted by atomic mass is 15.3. The number of nitrogens with zero attached hydrogens (tertiary/aromatic N) is 3. The Morgan fingerprint density at radius 2 is 2.00 bits per heavy atom. The van der Waals surface area contributed by atoms with E-state index in [-0.39, 0.29) is 0 Å². The van der Waals surface area contributed by atoms with Gasteiger partial charge in [-0.3, -0.25) is 0 Å². The lowest BCUT2D eigenvalue weighted by Crippen LogP contribution is -2.35. The lowest BCUT2D eigenvalue weighted by atomic mass is 10.1. The van der Waals surface area contributed by atoms with Crippen LogP contribution in [0.3, 0.4) is 0 Å². The molecule has 0 saturated carbocycles. The van der Waals surface area contributed by atoms with Crippen molar-refractivity contribution in [3.8, 4) is 0 Å². The first-order chi connectivity index (χ1) is 11.8. The minimum absolute atomic E-state index is 0.584. The Hall–Kier alpha value is -2.01. The maximum atomic E-state index is 4.54. The Labute approximate surface area is 144 Å². The van der Waals surface area contributed by atoms with Gasteiger partial charge < -0.3 is 15.5 Å². The standard InChI is InChI=1S/C19H27N5/c1-15-10-19-21-13-17(14-24(19)22-15)12-20-11-16-4-6-18(7-5-16)23-8-2-3-9-23/h4-7,10,17,20-21H,2-3,8-9,11-14H2,1H3/t17-/m0/s1. The fourth-order valence-electron chi connectivity index (χ4n) is 3.74. The van der Waals surface area contributed by atoms with Crippen molar-refractivity contribution in [3.63, 3.8) is 0 Å². The Bertz CT molecular complexity index is 670. The SMILES string of the molecule is Cc1cc2n(n1)C[C@@H](CNCc1ccc(N3CCCC3)cc1)CN2. The monoisotopic (exact) mass is 325 g/mol. The summed E-state index contributed by atoms with van der Waals surface area (Å²) in [5.74, 6) is 1.74. The molecule has 0 spiro atoms. The fraction of sp³-hybridized carbons (Fsp3) is 0.526. The quantitative estimate of drug-likeness (QED) is 0.887. The van der Waals surface area contributed by atoms with Crippen LogP contribution in [0.4, 0.5) is 11.5 Å². The predicted octanol–water partition coefficient (Wildman–Crippen LogP) is 2.62. The summed E-state index contributed by atoms with van der Waals surface area (Å²) in [5.41, 5.74) is 3.82. The van der Waals surface area contributed by atoms with Crippen LogP contribution in [0.2, 0.25) is 0 Å². The largest absolute Gasteiger partial charge is 0.372 e. The number of nitrogens with one attached hydrogen (secondary N) is 2. The molecule has 0 amide bonds. The number of hydrogen-bond acceptors (Lipinski definition) is 4. The van der Waals surface area contributed by atoms with Crippen molar-refractivity contribution in [1.82, 2.24) is 15.1 Å². The minimum atomic E-state index is 0.584. The molecule has 128 valence electrons. The summed E-state index contributed by atoms with van der Waals surface area (Å²) in [4.78, 5) is 2.48. The number of rotatable bonds is 5. The molecule has 1 atom stereocenters. The van der Waals surface area contributed by atoms with E-state index in [0.717, 1.165) is 37.7 Å². The lowest BCUT2D eigenvalue weighted by molar-refractivity contribution is 0.390. The van der Waals surface area contributed by atoms with Gasteiger partial charge in [-0.25, -0.2) is 4.68 Å². The van der Waals surface area contributed by atoms with Crippen LogP contribution < -0.4 is 15.5 Å². The molecule has 1 aromatic carbocycles. The molecule has 1 fully saturated rings. The van der Waals surface area contributed by atoms with Crippen LogP contribution in [0.25, 0.3) is 0 Å². The van der Waals surface area contributed by atoms with Crippen LogP contribution in [0.1, 0.15) is 24.1 Å². The number of benzene rings is 1. The molecule has 3 heterocycles. The summed E-state index contributed by atoms with van der Waals surface area (Å²) in [6.45, 7) is 8.43. The summed E-state index contributed by atoms with van der Waals surface area (Å²) in [6.07, 6.45) is 2.66. The van der Waals surface area contributed by atoms with Gasteiger partial charge in [0.2, 0.25) is 0 Å². The zero-order valence-electron chi connectivity index (χ0n) is 14.5. The summed E-state index contributed by atoms with van der Waals surface area (Å²) in [5, 5.41) is 11.6. The Morgan fingerprint density at radius 3 is 2.79 bits per heavy atom. The average molecular weight is 325 g/mol. The summed E-state index contributed by atoms with van der Waals surface area (Å²) in [7, 11) is 0. The first-order valence-electron chi connectivity index (χ1n) is 9.11. The normalized spacial score (nSPS) is 20.0. The molecule has 0 unspecified atom stereocenters. The molecule has 0 aliphatic carbocycles. The van der Waals surface area contributed by atoms with Crippen molar-refractivity contribution in [1.29, 1.82) is 0 Å². The van der Waals surface area contributed by atoms with E-state index in [1.54, 1.807) is 0 Å². The van der Waals surface area contributed by atoms with Gasteiger partial charge in [0.25, 0.3) is 0 Å². The van der Waals surface area contributed by atoms with E-state index in [2.05, 4.69) is 55.6 Å². The summed E-state index contributed by atoms with van der Waals surface area (Å²) >= 11 is 0. The van der Waals surface area contributed by atoms with Crippen LogP contribution in [-0.4, -0.2) is 36.0 Å². The second kappa shape index (κ2) is 6.85. The molecule has 5 heteroatoms.